The van der Waals surface area contributed by atoms with E-state index < -0.39 is 30.2 Å². The monoisotopic (exact) mass is 476 g/mol. The molecule has 3 N–H and O–H groups in total. The normalized spacial score (nSPS) is 18.6. The van der Waals surface area contributed by atoms with Gasteiger partial charge in [0.05, 0.1) is 18.3 Å². The van der Waals surface area contributed by atoms with Crippen LogP contribution in [0.15, 0.2) is 70.4 Å². The fourth-order valence-corrected chi connectivity index (χ4v) is 4.60. The summed E-state index contributed by atoms with van der Waals surface area (Å²) in [6.45, 7) is 5.33. The van der Waals surface area contributed by atoms with Gasteiger partial charge in [-0.15, -0.1) is 0 Å². The van der Waals surface area contributed by atoms with Crippen molar-refractivity contribution in [2.45, 2.75) is 38.8 Å². The number of hydrogen-bond donors (Lipinski definition) is 3. The summed E-state index contributed by atoms with van der Waals surface area (Å²) in [7, 11) is 0. The molecule has 0 spiro atoms. The zero-order valence-corrected chi connectivity index (χ0v) is 19.8. The van der Waals surface area contributed by atoms with Gasteiger partial charge in [-0.3, -0.25) is 15.0 Å². The van der Waals surface area contributed by atoms with Gasteiger partial charge in [-0.25, -0.2) is 14.8 Å². The summed E-state index contributed by atoms with van der Waals surface area (Å²) in [6.07, 6.45) is 0.372. The maximum Gasteiger partial charge on any atom is 0.411 e. The minimum Gasteiger partial charge on any atom is -0.465 e. The van der Waals surface area contributed by atoms with Crippen LogP contribution in [0.5, 0.6) is 0 Å². The molecule has 1 aliphatic rings. The van der Waals surface area contributed by atoms with Gasteiger partial charge < -0.3 is 14.6 Å². The van der Waals surface area contributed by atoms with Crippen LogP contribution >= 0.6 is 0 Å². The number of aryl methyl sites for hydroxylation is 1. The molecule has 35 heavy (non-hydrogen) atoms. The van der Waals surface area contributed by atoms with Crippen molar-refractivity contribution in [3.05, 3.63) is 77.8 Å². The average Bonchev–Trinajstić information content (AvgIpc) is 3.37. The number of aliphatic hydroxyl groups excluding tert-OH is 1. The first-order valence-electron chi connectivity index (χ1n) is 11.4. The lowest BCUT2D eigenvalue weighted by Crippen LogP contribution is -2.48. The molecule has 0 aliphatic carbocycles. The maximum atomic E-state index is 14.1. The van der Waals surface area contributed by atoms with Crippen LogP contribution in [0.3, 0.4) is 0 Å². The molecule has 4 rings (SSSR count). The van der Waals surface area contributed by atoms with Crippen molar-refractivity contribution < 1.29 is 24.2 Å². The van der Waals surface area contributed by atoms with E-state index in [2.05, 4.69) is 15.3 Å². The van der Waals surface area contributed by atoms with E-state index >= 15 is 0 Å². The van der Waals surface area contributed by atoms with Gasteiger partial charge in [-0.2, -0.15) is 0 Å². The number of carboxylic acid groups (broad SMARTS) is 1. The molecule has 0 radical (unpaired) electrons. The van der Waals surface area contributed by atoms with Crippen molar-refractivity contribution in [1.29, 1.82) is 0 Å². The third-order valence-electron chi connectivity index (χ3n) is 6.04. The molecule has 9 heteroatoms. The van der Waals surface area contributed by atoms with Gasteiger partial charge in [-0.1, -0.05) is 62.4 Å². The number of carbonyl (C=O) groups excluding carboxylic acids is 1. The summed E-state index contributed by atoms with van der Waals surface area (Å²) in [4.78, 5) is 35.9. The predicted molar refractivity (Wildman–Crippen MR) is 130 cm³/mol. The summed E-state index contributed by atoms with van der Waals surface area (Å²) >= 11 is 0. The first kappa shape index (κ1) is 24.2. The molecule has 9 nitrogen and oxygen atoms in total. The van der Waals surface area contributed by atoms with Gasteiger partial charge in [0.15, 0.2) is 17.7 Å². The molecule has 0 saturated carbocycles. The molecule has 182 valence electrons. The van der Waals surface area contributed by atoms with Crippen LogP contribution in [0.4, 0.5) is 4.79 Å². The van der Waals surface area contributed by atoms with Crippen LogP contribution in [0.2, 0.25) is 0 Å². The second-order valence-electron chi connectivity index (χ2n) is 8.96. The smallest absolute Gasteiger partial charge is 0.411 e. The van der Waals surface area contributed by atoms with E-state index in [0.717, 1.165) is 5.56 Å². The predicted octanol–water partition coefficient (Wildman–Crippen LogP) is 4.09. The molecule has 2 atom stereocenters. The van der Waals surface area contributed by atoms with Crippen LogP contribution < -0.4 is 5.32 Å². The molecule has 0 unspecified atom stereocenters. The minimum atomic E-state index is -1.35. The van der Waals surface area contributed by atoms with Crippen LogP contribution in [0, 0.1) is 12.8 Å². The maximum absolute atomic E-state index is 14.1. The lowest BCUT2D eigenvalue weighted by Gasteiger charge is -2.32. The van der Waals surface area contributed by atoms with Crippen molar-refractivity contribution in [2.24, 2.45) is 10.9 Å². The van der Waals surface area contributed by atoms with Crippen molar-refractivity contribution in [2.75, 3.05) is 6.61 Å². The fourth-order valence-electron chi connectivity index (χ4n) is 4.60. The van der Waals surface area contributed by atoms with E-state index in [1.165, 1.54) is 11.3 Å². The number of hydrogen-bond acceptors (Lipinski definition) is 6. The highest BCUT2D eigenvalue weighted by Gasteiger charge is 2.52. The van der Waals surface area contributed by atoms with Crippen molar-refractivity contribution in [3.8, 4) is 11.3 Å². The zero-order valence-electron chi connectivity index (χ0n) is 19.8. The molecule has 1 aliphatic heterocycles. The minimum absolute atomic E-state index is 0.0827. The fraction of sp³-hybridized carbons (Fsp3) is 0.308. The van der Waals surface area contributed by atoms with Gasteiger partial charge in [-0.05, 0) is 36.5 Å². The third-order valence-corrected chi connectivity index (χ3v) is 6.04. The highest BCUT2D eigenvalue weighted by Crippen LogP contribution is 2.42. The Morgan fingerprint density at radius 1 is 1.17 bits per heavy atom. The largest absolute Gasteiger partial charge is 0.465 e. The molecule has 2 heterocycles. The number of rotatable bonds is 7. The standard InChI is InChI=1S/C26H28N4O5/c1-16(2)13-26(20-10-5-4-6-11-20)23(32)30(24(29-26)28-25(33)34)21(14-31)18-8-7-9-19(12-18)22-17(3)27-15-35-22/h4-12,15-16,21,31H,13-14H2,1-3H3,(H,28,29)(H,33,34)/t21-,26-/m1/s1. The van der Waals surface area contributed by atoms with Gasteiger partial charge in [0.1, 0.15) is 0 Å². The molecule has 3 aromatic rings. The van der Waals surface area contributed by atoms with Gasteiger partial charge in [0.25, 0.3) is 5.91 Å². The molecule has 1 aromatic heterocycles. The molecule has 0 saturated heterocycles. The summed E-state index contributed by atoms with van der Waals surface area (Å²) in [5, 5.41) is 22.2. The Balaban J connectivity index is 1.83. The van der Waals surface area contributed by atoms with E-state index in [9.17, 15) is 19.8 Å². The molecular weight excluding hydrogens is 448 g/mol. The lowest BCUT2D eigenvalue weighted by atomic mass is 9.82. The van der Waals surface area contributed by atoms with E-state index in [1.807, 2.05) is 57.2 Å². The SMILES string of the molecule is Cc1ncoc1-c1cccc([C@@H](CO)N2C(=O)[C@@](CC(C)C)(c3ccccc3)N=C2NC(=O)O)c1. The number of aliphatic hydroxyl groups is 1. The summed E-state index contributed by atoms with van der Waals surface area (Å²) in [5.74, 6) is 0.139. The van der Waals surface area contributed by atoms with E-state index in [-0.39, 0.29) is 11.9 Å². The number of nitrogens with one attached hydrogen (secondary N) is 1. The molecule has 2 amide bonds. The average molecular weight is 477 g/mol. The van der Waals surface area contributed by atoms with Gasteiger partial charge in [0.2, 0.25) is 5.96 Å². The molecule has 2 aromatic carbocycles. The number of nitrogens with zero attached hydrogens (tertiary/aromatic N) is 3. The summed E-state index contributed by atoms with van der Waals surface area (Å²) in [5.41, 5.74) is 1.37. The Morgan fingerprint density at radius 3 is 2.51 bits per heavy atom. The van der Waals surface area contributed by atoms with E-state index in [1.54, 1.807) is 18.2 Å². The van der Waals surface area contributed by atoms with Crippen molar-refractivity contribution in [1.82, 2.24) is 15.2 Å². The number of benzene rings is 2. The lowest BCUT2D eigenvalue weighted by molar-refractivity contribution is -0.134. The highest BCUT2D eigenvalue weighted by atomic mass is 16.4. The topological polar surface area (TPSA) is 128 Å². The second kappa shape index (κ2) is 9.71. The quantitative estimate of drug-likeness (QED) is 0.471. The Labute approximate surface area is 203 Å². The summed E-state index contributed by atoms with van der Waals surface area (Å²) in [6, 6.07) is 15.4. The Kier molecular flexibility index (Phi) is 6.70. The van der Waals surface area contributed by atoms with Crippen molar-refractivity contribution >= 4 is 18.0 Å². The third kappa shape index (κ3) is 4.54. The van der Waals surface area contributed by atoms with E-state index in [0.29, 0.717) is 29.0 Å². The van der Waals surface area contributed by atoms with Crippen molar-refractivity contribution in [3.63, 3.8) is 0 Å². The Hall–Kier alpha value is -3.98. The molecule has 0 fully saturated rings. The van der Waals surface area contributed by atoms with Crippen LogP contribution in [0.25, 0.3) is 11.3 Å². The number of guanidine groups is 1. The highest BCUT2D eigenvalue weighted by molar-refractivity contribution is 6.11. The molecular formula is C26H28N4O5. The van der Waals surface area contributed by atoms with Crippen LogP contribution in [0.1, 0.15) is 43.1 Å². The van der Waals surface area contributed by atoms with Gasteiger partial charge >= 0.3 is 6.09 Å². The summed E-state index contributed by atoms with van der Waals surface area (Å²) < 4.78 is 5.51. The number of amides is 2. The Bertz CT molecular complexity index is 1250. The number of aromatic nitrogens is 1. The first-order chi connectivity index (χ1) is 16.8. The van der Waals surface area contributed by atoms with Gasteiger partial charge in [0, 0.05) is 5.56 Å². The van der Waals surface area contributed by atoms with Crippen LogP contribution in [-0.4, -0.2) is 44.7 Å². The molecule has 0 bridgehead atoms. The van der Waals surface area contributed by atoms with Crippen LogP contribution in [-0.2, 0) is 10.3 Å². The second-order valence-corrected chi connectivity index (χ2v) is 8.96. The zero-order chi connectivity index (χ0) is 25.2. The van der Waals surface area contributed by atoms with E-state index in [4.69, 9.17) is 4.42 Å². The number of carbonyl (C=O) groups is 2. The Morgan fingerprint density at radius 2 is 1.91 bits per heavy atom. The number of aliphatic imine (C=N–C) groups is 1. The number of oxazole rings is 1. The first-order valence-corrected chi connectivity index (χ1v) is 11.4.